The minimum atomic E-state index is -0.465. The van der Waals surface area contributed by atoms with Gasteiger partial charge in [-0.05, 0) is 134 Å². The predicted octanol–water partition coefficient (Wildman–Crippen LogP) is 21.5. The maximum atomic E-state index is 9.99. The van der Waals surface area contributed by atoms with Crippen molar-refractivity contribution in [3.8, 4) is 72.4 Å². The number of aromatic nitrogens is 3. The van der Waals surface area contributed by atoms with Crippen molar-refractivity contribution in [1.82, 2.24) is 14.5 Å². The fraction of sp³-hybridized carbons (Fsp3) is 0. The molecule has 7 nitrogen and oxygen atoms in total. The van der Waals surface area contributed by atoms with Crippen molar-refractivity contribution < 1.29 is 14.3 Å². The molecule has 96 heavy (non-hydrogen) atoms. The van der Waals surface area contributed by atoms with E-state index in [9.17, 15) is 4.11 Å². The van der Waals surface area contributed by atoms with E-state index in [-0.39, 0.29) is 24.2 Å². The van der Waals surface area contributed by atoms with Crippen LogP contribution in [0.15, 0.2) is 337 Å². The molecular formula is C88H54BN5O2. The lowest BCUT2D eigenvalue weighted by Gasteiger charge is -2.46. The number of furan rings is 2. The van der Waals surface area contributed by atoms with Crippen molar-refractivity contribution in [3.63, 3.8) is 0 Å². The van der Waals surface area contributed by atoms with Crippen LogP contribution in [0, 0.1) is 0 Å². The maximum Gasteiger partial charge on any atom is 0.252 e. The van der Waals surface area contributed by atoms with Crippen molar-refractivity contribution in [2.75, 3.05) is 9.80 Å². The second kappa shape index (κ2) is 21.4. The SMILES string of the molecule is [2H]c1c([2H])c([2H])c2c(c1[2H])c1ccccc1n2-c1cc2c3c(c1)N(c1c(-c4ccccc4)cncc1-c1ccccc1)c1ccc(-c4ccc5oc6ccccc6c5c4)cc1B3c1cc(-c3ccc4oc5ccccc5c4c3)ccc1N2c1c(-c2ccccc2)cncc1-c1ccccc1. The molecule has 0 N–H and O–H groups in total. The highest BCUT2D eigenvalue weighted by molar-refractivity contribution is 7.00. The van der Waals surface area contributed by atoms with E-state index in [1.54, 1.807) is 0 Å². The molecular weight excluding hydrogens is 1170 g/mol. The fourth-order valence-corrected chi connectivity index (χ4v) is 15.4. The van der Waals surface area contributed by atoms with Gasteiger partial charge in [0.1, 0.15) is 22.3 Å². The number of pyridine rings is 2. The summed E-state index contributed by atoms with van der Waals surface area (Å²) in [6, 6.07) is 97.2. The van der Waals surface area contributed by atoms with Crippen molar-refractivity contribution in [2.45, 2.75) is 0 Å². The molecule has 446 valence electrons. The summed E-state index contributed by atoms with van der Waals surface area (Å²) in [6.45, 7) is -0.465. The zero-order valence-electron chi connectivity index (χ0n) is 55.5. The van der Waals surface area contributed by atoms with Crippen molar-refractivity contribution in [3.05, 3.63) is 328 Å². The van der Waals surface area contributed by atoms with E-state index in [1.165, 1.54) is 0 Å². The zero-order valence-corrected chi connectivity index (χ0v) is 51.5. The lowest BCUT2D eigenvalue weighted by atomic mass is 9.33. The van der Waals surface area contributed by atoms with Gasteiger partial charge in [0, 0.05) is 102 Å². The van der Waals surface area contributed by atoms with Crippen LogP contribution in [-0.4, -0.2) is 21.2 Å². The Morgan fingerprint density at radius 2 is 0.688 bits per heavy atom. The van der Waals surface area contributed by atoms with Gasteiger partial charge in [-0.25, -0.2) is 0 Å². The lowest BCUT2D eigenvalue weighted by molar-refractivity contribution is 0.668. The fourth-order valence-electron chi connectivity index (χ4n) is 15.4. The summed E-state index contributed by atoms with van der Waals surface area (Å²) in [6.07, 6.45) is 7.96. The van der Waals surface area contributed by atoms with E-state index in [2.05, 4.69) is 221 Å². The molecule has 18 aromatic rings. The van der Waals surface area contributed by atoms with Crippen LogP contribution in [0.1, 0.15) is 5.48 Å². The van der Waals surface area contributed by atoms with E-state index in [4.69, 9.17) is 20.2 Å². The Labute approximate surface area is 559 Å². The summed E-state index contributed by atoms with van der Waals surface area (Å²) in [4.78, 5) is 15.2. The van der Waals surface area contributed by atoms with Gasteiger partial charge in [0.05, 0.1) is 33.6 Å². The van der Waals surface area contributed by atoms with Crippen LogP contribution < -0.4 is 26.2 Å². The molecule has 0 fully saturated rings. The molecule has 0 aliphatic carbocycles. The first kappa shape index (κ1) is 49.9. The van der Waals surface area contributed by atoms with Gasteiger partial charge in [-0.3, -0.25) is 9.97 Å². The molecule has 5 aromatic heterocycles. The molecule has 0 radical (unpaired) electrons. The second-order valence-electron chi connectivity index (χ2n) is 24.9. The van der Waals surface area contributed by atoms with Crippen LogP contribution in [0.2, 0.25) is 0 Å². The van der Waals surface area contributed by atoms with Crippen LogP contribution in [-0.2, 0) is 0 Å². The summed E-state index contributed by atoms with van der Waals surface area (Å²) < 4.78 is 53.2. The number of anilines is 6. The number of nitrogens with zero attached hydrogens (tertiary/aromatic N) is 5. The Morgan fingerprint density at radius 1 is 0.302 bits per heavy atom. The normalized spacial score (nSPS) is 13.1. The quantitative estimate of drug-likeness (QED) is 0.134. The number of hydrogen-bond acceptors (Lipinski definition) is 6. The number of para-hydroxylation sites is 4. The van der Waals surface area contributed by atoms with Gasteiger partial charge < -0.3 is 23.2 Å². The Balaban J connectivity index is 0.977. The third-order valence-electron chi connectivity index (χ3n) is 19.7. The Hall–Kier alpha value is -12.8. The van der Waals surface area contributed by atoms with E-state index < -0.39 is 6.71 Å². The summed E-state index contributed by atoms with van der Waals surface area (Å²) in [5, 5.41) is 5.31. The van der Waals surface area contributed by atoms with Gasteiger partial charge in [0.15, 0.2) is 0 Å². The summed E-state index contributed by atoms with van der Waals surface area (Å²) in [5.41, 5.74) is 25.3. The Kier molecular flexibility index (Phi) is 11.1. The predicted molar refractivity (Wildman–Crippen MR) is 398 cm³/mol. The molecule has 2 aliphatic heterocycles. The summed E-state index contributed by atoms with van der Waals surface area (Å²) in [5.74, 6) is 0. The molecule has 0 unspecified atom stereocenters. The average molecular weight is 1230 g/mol. The lowest BCUT2D eigenvalue weighted by Crippen LogP contribution is -2.61. The monoisotopic (exact) mass is 1230 g/mol. The Morgan fingerprint density at radius 3 is 1.16 bits per heavy atom. The number of rotatable bonds is 9. The molecule has 0 amide bonds. The first-order chi connectivity index (χ1) is 49.3. The molecule has 13 aromatic carbocycles. The van der Waals surface area contributed by atoms with Gasteiger partial charge >= 0.3 is 0 Å². The van der Waals surface area contributed by atoms with E-state index >= 15 is 0 Å². The molecule has 0 atom stereocenters. The van der Waals surface area contributed by atoms with E-state index in [0.717, 1.165) is 167 Å². The third kappa shape index (κ3) is 8.28. The van der Waals surface area contributed by atoms with E-state index in [1.807, 2.05) is 97.6 Å². The number of fused-ring (bicyclic) bond motifs is 13. The van der Waals surface area contributed by atoms with Crippen molar-refractivity contribution in [2.24, 2.45) is 0 Å². The highest BCUT2D eigenvalue weighted by Gasteiger charge is 2.46. The molecule has 0 saturated heterocycles. The van der Waals surface area contributed by atoms with Gasteiger partial charge in [-0.15, -0.1) is 0 Å². The first-order valence-corrected chi connectivity index (χ1v) is 32.4. The third-order valence-corrected chi connectivity index (χ3v) is 19.7. The largest absolute Gasteiger partial charge is 0.456 e. The highest BCUT2D eigenvalue weighted by atomic mass is 16.3. The molecule has 8 heteroatoms. The van der Waals surface area contributed by atoms with Gasteiger partial charge in [0.25, 0.3) is 6.71 Å². The maximum absolute atomic E-state index is 9.99. The molecule has 7 heterocycles. The topological polar surface area (TPSA) is 63.5 Å². The number of hydrogen-bond donors (Lipinski definition) is 0. The average Bonchev–Trinajstić information content (AvgIpc) is 0.808. The van der Waals surface area contributed by atoms with Crippen LogP contribution in [0.4, 0.5) is 34.1 Å². The van der Waals surface area contributed by atoms with Gasteiger partial charge in [0.2, 0.25) is 0 Å². The smallest absolute Gasteiger partial charge is 0.252 e. The van der Waals surface area contributed by atoms with E-state index in [0.29, 0.717) is 22.0 Å². The minimum Gasteiger partial charge on any atom is -0.456 e. The van der Waals surface area contributed by atoms with Crippen LogP contribution >= 0.6 is 0 Å². The summed E-state index contributed by atoms with van der Waals surface area (Å²) >= 11 is 0. The molecule has 20 rings (SSSR count). The molecule has 0 spiro atoms. The summed E-state index contributed by atoms with van der Waals surface area (Å²) in [7, 11) is 0. The molecule has 0 saturated carbocycles. The second-order valence-corrected chi connectivity index (χ2v) is 24.9. The van der Waals surface area contributed by atoms with Gasteiger partial charge in [-0.2, -0.15) is 0 Å². The molecule has 0 bridgehead atoms. The number of benzene rings is 13. The zero-order chi connectivity index (χ0) is 66.4. The standard InChI is InChI=1S/C88H54BN5O2/c1-5-21-55(22-6-1)70-51-90-52-71(56-23-7-2-8-24-56)87(70)93-78-41-37-61(59-39-43-84-68(45-59)66-31-15-19-35-82(66)95-84)47-74(78)89-75-48-62(60-40-44-85-69(46-60)67-32-16-20-36-83(67)96-85)38-42-79(75)94(88-72(57-25-9-3-10-26-57)53-91-54-73(88)58-27-11-4-12-28-58)81-50-63(49-80(93)86(81)89)92-76-33-17-13-29-64(76)65-30-14-18-34-77(65)92/h1-54H/i13D,17D,29D,33D. The molecule has 2 aliphatic rings. The highest BCUT2D eigenvalue weighted by Crippen LogP contribution is 2.54. The van der Waals surface area contributed by atoms with Crippen LogP contribution in [0.25, 0.3) is 138 Å². The van der Waals surface area contributed by atoms with Crippen molar-refractivity contribution in [1.29, 1.82) is 0 Å². The van der Waals surface area contributed by atoms with Gasteiger partial charge in [-0.1, -0.05) is 230 Å². The van der Waals surface area contributed by atoms with Crippen LogP contribution in [0.5, 0.6) is 0 Å². The van der Waals surface area contributed by atoms with Crippen molar-refractivity contribution >= 4 is 123 Å². The van der Waals surface area contributed by atoms with Crippen LogP contribution in [0.3, 0.4) is 0 Å². The minimum absolute atomic E-state index is 0.100. The first-order valence-electron chi connectivity index (χ1n) is 34.4. The Bertz CT molecular complexity index is 6000.